The molecular formula is C21H34NO4+. The van der Waals surface area contributed by atoms with Gasteiger partial charge in [0.05, 0.1) is 33.4 Å². The van der Waals surface area contributed by atoms with Crippen molar-refractivity contribution in [2.24, 2.45) is 0 Å². The Kier molecular flexibility index (Phi) is 6.36. The number of hydrogen-bond donors (Lipinski definition) is 1. The van der Waals surface area contributed by atoms with E-state index < -0.39 is 12.4 Å². The Morgan fingerprint density at radius 2 is 1.85 bits per heavy atom. The highest BCUT2D eigenvalue weighted by molar-refractivity contribution is 5.18. The zero-order chi connectivity index (χ0) is 18.7. The minimum atomic E-state index is -0.619. The standard InChI is InChI=1S/C21H34NO4/c1-5-6-14-24-21-18(22(2,3)4)19(23)20-17(26-21)13-12-16(25-20)15-10-8-7-9-11-15/h7-11,16-21,23H,5-6,12-14H2,1-4H3/q+1/t16-,17-,18+,19+,20-,21-/m1/s1. The first kappa shape index (κ1) is 19.8. The van der Waals surface area contributed by atoms with Crippen molar-refractivity contribution >= 4 is 0 Å². The van der Waals surface area contributed by atoms with Crippen LogP contribution in [0.1, 0.15) is 44.3 Å². The fraction of sp³-hybridized carbons (Fsp3) is 0.714. The highest BCUT2D eigenvalue weighted by Gasteiger charge is 2.54. The van der Waals surface area contributed by atoms with Crippen LogP contribution in [0.15, 0.2) is 30.3 Å². The predicted octanol–water partition coefficient (Wildman–Crippen LogP) is 2.88. The van der Waals surface area contributed by atoms with Gasteiger partial charge >= 0.3 is 0 Å². The molecule has 0 aromatic heterocycles. The van der Waals surface area contributed by atoms with Crippen molar-refractivity contribution in [3.8, 4) is 0 Å². The maximum Gasteiger partial charge on any atom is 0.213 e. The first-order chi connectivity index (χ1) is 12.4. The molecule has 0 aliphatic carbocycles. The Balaban J connectivity index is 1.75. The minimum Gasteiger partial charge on any atom is -0.384 e. The van der Waals surface area contributed by atoms with Crippen molar-refractivity contribution in [1.82, 2.24) is 0 Å². The van der Waals surface area contributed by atoms with Gasteiger partial charge in [0, 0.05) is 6.61 Å². The predicted molar refractivity (Wildman–Crippen MR) is 101 cm³/mol. The molecule has 0 amide bonds. The number of aliphatic hydroxyl groups excluding tert-OH is 1. The van der Waals surface area contributed by atoms with Gasteiger partial charge in [-0.15, -0.1) is 0 Å². The largest absolute Gasteiger partial charge is 0.384 e. The van der Waals surface area contributed by atoms with E-state index in [4.69, 9.17) is 14.2 Å². The summed E-state index contributed by atoms with van der Waals surface area (Å²) in [5.41, 5.74) is 1.17. The summed E-state index contributed by atoms with van der Waals surface area (Å²) in [6.45, 7) is 2.81. The van der Waals surface area contributed by atoms with Crippen LogP contribution in [0.4, 0.5) is 0 Å². The zero-order valence-electron chi connectivity index (χ0n) is 16.5. The molecule has 1 aromatic carbocycles. The third kappa shape index (κ3) is 4.29. The summed E-state index contributed by atoms with van der Waals surface area (Å²) in [5, 5.41) is 11.2. The summed E-state index contributed by atoms with van der Waals surface area (Å²) in [6, 6.07) is 10.1. The van der Waals surface area contributed by atoms with Crippen molar-refractivity contribution in [1.29, 1.82) is 0 Å². The fourth-order valence-corrected chi connectivity index (χ4v) is 4.10. The van der Waals surface area contributed by atoms with Crippen molar-refractivity contribution in [2.45, 2.75) is 69.4 Å². The van der Waals surface area contributed by atoms with Crippen molar-refractivity contribution in [3.05, 3.63) is 35.9 Å². The average Bonchev–Trinajstić information content (AvgIpc) is 2.61. The zero-order valence-corrected chi connectivity index (χ0v) is 16.5. The number of ether oxygens (including phenoxy) is 3. The molecule has 5 nitrogen and oxygen atoms in total. The number of rotatable bonds is 6. The SMILES string of the molecule is CCCCO[C@@H]1O[C@@H]2CC[C@H](c3ccccc3)O[C@H]2[C@@H](O)[C@@H]1[N+](C)(C)C. The summed E-state index contributed by atoms with van der Waals surface area (Å²) >= 11 is 0. The Labute approximate surface area is 157 Å². The normalized spacial score (nSPS) is 35.1. The van der Waals surface area contributed by atoms with Crippen LogP contribution in [0.5, 0.6) is 0 Å². The van der Waals surface area contributed by atoms with E-state index in [0.29, 0.717) is 11.1 Å². The molecule has 5 heteroatoms. The molecule has 6 atom stereocenters. The van der Waals surface area contributed by atoms with Crippen LogP contribution >= 0.6 is 0 Å². The van der Waals surface area contributed by atoms with Crippen LogP contribution in [-0.2, 0) is 14.2 Å². The van der Waals surface area contributed by atoms with E-state index in [1.54, 1.807) is 0 Å². The first-order valence-electron chi connectivity index (χ1n) is 9.88. The van der Waals surface area contributed by atoms with Crippen LogP contribution < -0.4 is 0 Å². The molecule has 3 rings (SSSR count). The van der Waals surface area contributed by atoms with Crippen LogP contribution in [0.3, 0.4) is 0 Å². The summed E-state index contributed by atoms with van der Waals surface area (Å²) in [6.07, 6.45) is 2.43. The van der Waals surface area contributed by atoms with E-state index in [1.165, 1.54) is 5.56 Å². The van der Waals surface area contributed by atoms with Crippen LogP contribution in [0, 0.1) is 0 Å². The molecule has 1 N–H and O–H groups in total. The lowest BCUT2D eigenvalue weighted by Crippen LogP contribution is -2.69. The van der Waals surface area contributed by atoms with Crippen LogP contribution in [-0.4, -0.2) is 68.0 Å². The number of likely N-dealkylation sites (N-methyl/N-ethyl adjacent to an activating group) is 1. The van der Waals surface area contributed by atoms with Gasteiger partial charge in [-0.3, -0.25) is 0 Å². The van der Waals surface area contributed by atoms with Gasteiger partial charge in [-0.2, -0.15) is 0 Å². The molecule has 2 heterocycles. The molecule has 0 radical (unpaired) electrons. The second-order valence-corrected chi connectivity index (χ2v) is 8.44. The highest BCUT2D eigenvalue weighted by atomic mass is 16.7. The van der Waals surface area contributed by atoms with E-state index in [0.717, 1.165) is 25.7 Å². The van der Waals surface area contributed by atoms with Gasteiger partial charge in [0.25, 0.3) is 0 Å². The van der Waals surface area contributed by atoms with Gasteiger partial charge in [-0.1, -0.05) is 43.7 Å². The monoisotopic (exact) mass is 364 g/mol. The quantitative estimate of drug-likeness (QED) is 0.623. The Bertz CT molecular complexity index is 559. The van der Waals surface area contributed by atoms with Gasteiger partial charge in [0.2, 0.25) is 6.29 Å². The summed E-state index contributed by atoms with van der Waals surface area (Å²) in [7, 11) is 6.22. The molecule has 2 aliphatic heterocycles. The van der Waals surface area contributed by atoms with E-state index in [1.807, 2.05) is 18.2 Å². The molecule has 26 heavy (non-hydrogen) atoms. The number of quaternary nitrogens is 1. The van der Waals surface area contributed by atoms with Gasteiger partial charge in [0.15, 0.2) is 6.04 Å². The number of unbranched alkanes of at least 4 members (excludes halogenated alkanes) is 1. The molecule has 0 unspecified atom stereocenters. The van der Waals surface area contributed by atoms with Gasteiger partial charge in [-0.05, 0) is 24.8 Å². The maximum atomic E-state index is 11.2. The lowest BCUT2D eigenvalue weighted by Gasteiger charge is -2.51. The Morgan fingerprint density at radius 3 is 2.50 bits per heavy atom. The molecule has 2 saturated heterocycles. The van der Waals surface area contributed by atoms with E-state index in [2.05, 4.69) is 40.2 Å². The van der Waals surface area contributed by atoms with Crippen LogP contribution in [0.25, 0.3) is 0 Å². The highest BCUT2D eigenvalue weighted by Crippen LogP contribution is 2.39. The number of nitrogens with zero attached hydrogens (tertiary/aromatic N) is 1. The number of fused-ring (bicyclic) bond motifs is 1. The first-order valence-corrected chi connectivity index (χ1v) is 9.88. The molecule has 0 bridgehead atoms. The summed E-state index contributed by atoms with van der Waals surface area (Å²) in [5.74, 6) is 0. The van der Waals surface area contributed by atoms with E-state index in [-0.39, 0.29) is 24.4 Å². The topological polar surface area (TPSA) is 47.9 Å². The Hall–Kier alpha value is -0.980. The smallest absolute Gasteiger partial charge is 0.213 e. The molecule has 0 saturated carbocycles. The average molecular weight is 365 g/mol. The summed E-state index contributed by atoms with van der Waals surface area (Å²) in [4.78, 5) is 0. The van der Waals surface area contributed by atoms with Gasteiger partial charge in [0.1, 0.15) is 12.2 Å². The Morgan fingerprint density at radius 1 is 1.12 bits per heavy atom. The fourth-order valence-electron chi connectivity index (χ4n) is 4.10. The lowest BCUT2D eigenvalue weighted by molar-refractivity contribution is -0.910. The molecule has 146 valence electrons. The lowest BCUT2D eigenvalue weighted by atomic mass is 9.88. The molecule has 2 fully saturated rings. The van der Waals surface area contributed by atoms with E-state index in [9.17, 15) is 5.11 Å². The second-order valence-electron chi connectivity index (χ2n) is 8.44. The van der Waals surface area contributed by atoms with Gasteiger partial charge in [-0.25, -0.2) is 0 Å². The van der Waals surface area contributed by atoms with Crippen LogP contribution in [0.2, 0.25) is 0 Å². The van der Waals surface area contributed by atoms with Crippen molar-refractivity contribution < 1.29 is 23.8 Å². The second kappa shape index (κ2) is 8.36. The van der Waals surface area contributed by atoms with E-state index >= 15 is 0 Å². The third-order valence-corrected chi connectivity index (χ3v) is 5.52. The molecule has 0 spiro atoms. The number of aliphatic hydroxyl groups is 1. The third-order valence-electron chi connectivity index (χ3n) is 5.52. The molecule has 2 aliphatic rings. The molecular weight excluding hydrogens is 330 g/mol. The minimum absolute atomic E-state index is 0.0152. The van der Waals surface area contributed by atoms with Crippen molar-refractivity contribution in [2.75, 3.05) is 27.7 Å². The van der Waals surface area contributed by atoms with Gasteiger partial charge < -0.3 is 23.8 Å². The number of hydrogen-bond acceptors (Lipinski definition) is 4. The summed E-state index contributed by atoms with van der Waals surface area (Å²) < 4.78 is 19.3. The number of benzene rings is 1. The maximum absolute atomic E-state index is 11.2. The van der Waals surface area contributed by atoms with Crippen molar-refractivity contribution in [3.63, 3.8) is 0 Å². The molecule has 1 aromatic rings.